The molecule has 1 aromatic rings. The van der Waals surface area contributed by atoms with Gasteiger partial charge in [0.25, 0.3) is 5.91 Å². The molecule has 5 nitrogen and oxygen atoms in total. The molecule has 2 atom stereocenters. The number of carbonyl (C=O) groups is 1. The lowest BCUT2D eigenvalue weighted by Gasteiger charge is -2.26. The smallest absolute Gasteiger partial charge is 0.255 e. The highest BCUT2D eigenvalue weighted by molar-refractivity contribution is 5.99. The molecule has 1 aliphatic rings. The molecule has 2 rings (SSSR count). The van der Waals surface area contributed by atoms with Crippen LogP contribution < -0.4 is 16.6 Å². The Balaban J connectivity index is 1.94. The van der Waals surface area contributed by atoms with Crippen LogP contribution >= 0.6 is 0 Å². The summed E-state index contributed by atoms with van der Waals surface area (Å²) in [5.74, 6) is 6.71. The Morgan fingerprint density at radius 2 is 2.30 bits per heavy atom. The molecule has 0 radical (unpaired) electrons. The van der Waals surface area contributed by atoms with E-state index in [1.807, 2.05) is 6.92 Å². The summed E-state index contributed by atoms with van der Waals surface area (Å²) in [6.07, 6.45) is 6.56. The Hall–Kier alpha value is -1.62. The Morgan fingerprint density at radius 3 is 3.00 bits per heavy atom. The number of anilines is 1. The fourth-order valence-corrected chi connectivity index (χ4v) is 2.94. The molecule has 1 fully saturated rings. The van der Waals surface area contributed by atoms with Gasteiger partial charge in [0.2, 0.25) is 0 Å². The molecule has 0 aromatic carbocycles. The summed E-state index contributed by atoms with van der Waals surface area (Å²) >= 11 is 0. The second-order valence-corrected chi connectivity index (χ2v) is 5.86. The standard InChI is InChI=1S/C15H24N4O/c1-10-4-3-5-12(6-10)8-18-15(20)13-9-17-11(2)7-14(13)19-16/h7,9-10,12H,3-6,8,16H2,1-2H3,(H,17,19)(H,18,20). The molecule has 0 bridgehead atoms. The molecular weight excluding hydrogens is 252 g/mol. The van der Waals surface area contributed by atoms with Gasteiger partial charge in [-0.25, -0.2) is 0 Å². The third-order valence-electron chi connectivity index (χ3n) is 4.04. The van der Waals surface area contributed by atoms with Gasteiger partial charge in [0, 0.05) is 18.4 Å². The Bertz CT molecular complexity index is 475. The van der Waals surface area contributed by atoms with Crippen molar-refractivity contribution in [3.63, 3.8) is 0 Å². The van der Waals surface area contributed by atoms with Gasteiger partial charge >= 0.3 is 0 Å². The number of rotatable bonds is 4. The van der Waals surface area contributed by atoms with Crippen molar-refractivity contribution in [3.8, 4) is 0 Å². The average molecular weight is 276 g/mol. The lowest BCUT2D eigenvalue weighted by molar-refractivity contribution is 0.0941. The first-order valence-electron chi connectivity index (χ1n) is 7.31. The molecule has 0 spiro atoms. The van der Waals surface area contributed by atoms with Crippen LogP contribution in [0.3, 0.4) is 0 Å². The topological polar surface area (TPSA) is 80.0 Å². The van der Waals surface area contributed by atoms with Crippen LogP contribution in [-0.4, -0.2) is 17.4 Å². The molecule has 1 amide bonds. The highest BCUT2D eigenvalue weighted by atomic mass is 16.1. The quantitative estimate of drug-likeness (QED) is 0.582. The van der Waals surface area contributed by atoms with Gasteiger partial charge in [0.05, 0.1) is 11.3 Å². The molecule has 110 valence electrons. The number of nitrogen functional groups attached to an aromatic ring is 1. The maximum atomic E-state index is 12.2. The molecule has 1 aliphatic carbocycles. The predicted molar refractivity (Wildman–Crippen MR) is 80.2 cm³/mol. The van der Waals surface area contributed by atoms with E-state index in [1.54, 1.807) is 12.3 Å². The number of nitrogens with zero attached hydrogens (tertiary/aromatic N) is 1. The summed E-state index contributed by atoms with van der Waals surface area (Å²) in [5, 5.41) is 3.01. The Labute approximate surface area is 120 Å². The number of pyridine rings is 1. The summed E-state index contributed by atoms with van der Waals surface area (Å²) in [4.78, 5) is 16.4. The fourth-order valence-electron chi connectivity index (χ4n) is 2.94. The van der Waals surface area contributed by atoms with Gasteiger partial charge in [0.1, 0.15) is 0 Å². The number of amides is 1. The molecule has 0 saturated heterocycles. The van der Waals surface area contributed by atoms with E-state index < -0.39 is 0 Å². The summed E-state index contributed by atoms with van der Waals surface area (Å²) in [5.41, 5.74) is 4.51. The summed E-state index contributed by atoms with van der Waals surface area (Å²) in [7, 11) is 0. The number of aryl methyl sites for hydroxylation is 1. The normalized spacial score (nSPS) is 22.4. The first-order chi connectivity index (χ1) is 9.60. The minimum Gasteiger partial charge on any atom is -0.352 e. The van der Waals surface area contributed by atoms with Crippen LogP contribution in [0.15, 0.2) is 12.3 Å². The average Bonchev–Trinajstić information content (AvgIpc) is 2.44. The summed E-state index contributed by atoms with van der Waals surface area (Å²) in [6.45, 7) is 4.89. The van der Waals surface area contributed by atoms with E-state index in [2.05, 4.69) is 22.7 Å². The molecule has 0 aliphatic heterocycles. The van der Waals surface area contributed by atoms with Crippen LogP contribution in [0.4, 0.5) is 5.69 Å². The van der Waals surface area contributed by atoms with Gasteiger partial charge in [-0.15, -0.1) is 0 Å². The molecule has 1 aromatic heterocycles. The molecule has 5 heteroatoms. The van der Waals surface area contributed by atoms with Gasteiger partial charge in [0.15, 0.2) is 0 Å². The number of hydrogen-bond acceptors (Lipinski definition) is 4. The zero-order valence-corrected chi connectivity index (χ0v) is 12.3. The molecular formula is C15H24N4O. The van der Waals surface area contributed by atoms with E-state index in [9.17, 15) is 4.79 Å². The Morgan fingerprint density at radius 1 is 1.50 bits per heavy atom. The van der Waals surface area contributed by atoms with Crippen LogP contribution in [0.25, 0.3) is 0 Å². The zero-order valence-electron chi connectivity index (χ0n) is 12.3. The molecule has 2 unspecified atom stereocenters. The first-order valence-corrected chi connectivity index (χ1v) is 7.31. The highest BCUT2D eigenvalue weighted by Gasteiger charge is 2.20. The van der Waals surface area contributed by atoms with Gasteiger partial charge < -0.3 is 10.7 Å². The number of carbonyl (C=O) groups excluding carboxylic acids is 1. The predicted octanol–water partition coefficient (Wildman–Crippen LogP) is 2.23. The van der Waals surface area contributed by atoms with E-state index in [0.29, 0.717) is 17.2 Å². The lowest BCUT2D eigenvalue weighted by atomic mass is 9.82. The molecule has 20 heavy (non-hydrogen) atoms. The van der Waals surface area contributed by atoms with Crippen LogP contribution in [-0.2, 0) is 0 Å². The maximum absolute atomic E-state index is 12.2. The van der Waals surface area contributed by atoms with Crippen LogP contribution in [0, 0.1) is 18.8 Å². The largest absolute Gasteiger partial charge is 0.352 e. The molecule has 1 heterocycles. The van der Waals surface area contributed by atoms with Crippen molar-refractivity contribution in [3.05, 3.63) is 23.5 Å². The van der Waals surface area contributed by atoms with E-state index >= 15 is 0 Å². The van der Waals surface area contributed by atoms with Crippen molar-refractivity contribution in [2.75, 3.05) is 12.0 Å². The SMILES string of the molecule is Cc1cc(NN)c(C(=O)NCC2CCCC(C)C2)cn1. The van der Waals surface area contributed by atoms with E-state index in [-0.39, 0.29) is 5.91 Å². The van der Waals surface area contributed by atoms with Gasteiger partial charge in [-0.1, -0.05) is 19.8 Å². The highest BCUT2D eigenvalue weighted by Crippen LogP contribution is 2.28. The number of nitrogens with one attached hydrogen (secondary N) is 2. The van der Waals surface area contributed by atoms with Crippen molar-refractivity contribution in [2.45, 2.75) is 39.5 Å². The zero-order chi connectivity index (χ0) is 14.5. The first kappa shape index (κ1) is 14.8. The number of hydrogen-bond donors (Lipinski definition) is 3. The van der Waals surface area contributed by atoms with Crippen molar-refractivity contribution in [2.24, 2.45) is 17.7 Å². The number of nitrogens with two attached hydrogens (primary N) is 1. The van der Waals surface area contributed by atoms with E-state index in [0.717, 1.165) is 18.2 Å². The van der Waals surface area contributed by atoms with Crippen molar-refractivity contribution in [1.82, 2.24) is 10.3 Å². The van der Waals surface area contributed by atoms with Gasteiger partial charge in [-0.3, -0.25) is 15.6 Å². The van der Waals surface area contributed by atoms with Gasteiger partial charge in [-0.2, -0.15) is 0 Å². The molecule has 4 N–H and O–H groups in total. The fraction of sp³-hybridized carbons (Fsp3) is 0.600. The van der Waals surface area contributed by atoms with Crippen LogP contribution in [0.2, 0.25) is 0 Å². The van der Waals surface area contributed by atoms with Crippen molar-refractivity contribution < 1.29 is 4.79 Å². The summed E-state index contributed by atoms with van der Waals surface area (Å²) in [6, 6.07) is 1.78. The van der Waals surface area contributed by atoms with E-state index in [1.165, 1.54) is 25.7 Å². The third kappa shape index (κ3) is 3.70. The van der Waals surface area contributed by atoms with Crippen molar-refractivity contribution in [1.29, 1.82) is 0 Å². The Kier molecular flexibility index (Phi) is 4.95. The maximum Gasteiger partial charge on any atom is 0.255 e. The van der Waals surface area contributed by atoms with Crippen LogP contribution in [0.5, 0.6) is 0 Å². The number of aromatic nitrogens is 1. The number of hydrazine groups is 1. The second-order valence-electron chi connectivity index (χ2n) is 5.86. The summed E-state index contributed by atoms with van der Waals surface area (Å²) < 4.78 is 0. The second kappa shape index (κ2) is 6.70. The monoisotopic (exact) mass is 276 g/mol. The van der Waals surface area contributed by atoms with Crippen LogP contribution in [0.1, 0.15) is 48.7 Å². The van der Waals surface area contributed by atoms with Crippen molar-refractivity contribution >= 4 is 11.6 Å². The lowest BCUT2D eigenvalue weighted by Crippen LogP contribution is -2.32. The molecule has 1 saturated carbocycles. The third-order valence-corrected chi connectivity index (χ3v) is 4.04. The van der Waals surface area contributed by atoms with Gasteiger partial charge in [-0.05, 0) is 37.7 Å². The minimum absolute atomic E-state index is 0.108. The van der Waals surface area contributed by atoms with E-state index in [4.69, 9.17) is 5.84 Å². The minimum atomic E-state index is -0.108.